The minimum atomic E-state index is -0.614. The van der Waals surface area contributed by atoms with Gasteiger partial charge in [0, 0.05) is 24.3 Å². The van der Waals surface area contributed by atoms with Gasteiger partial charge in [0.25, 0.3) is 5.91 Å². The second-order valence-corrected chi connectivity index (χ2v) is 9.70. The van der Waals surface area contributed by atoms with Gasteiger partial charge in [0.15, 0.2) is 0 Å². The van der Waals surface area contributed by atoms with Crippen molar-refractivity contribution >= 4 is 28.6 Å². The molecule has 1 fully saturated rings. The summed E-state index contributed by atoms with van der Waals surface area (Å²) < 4.78 is 1.91. The number of benzene rings is 1. The number of primary amides is 1. The molecule has 0 radical (unpaired) electrons. The number of amides is 3. The van der Waals surface area contributed by atoms with Gasteiger partial charge in [-0.1, -0.05) is 32.0 Å². The summed E-state index contributed by atoms with van der Waals surface area (Å²) in [5.74, 6) is -0.837. The molecule has 1 aliphatic rings. The molecule has 4 rings (SSSR count). The number of likely N-dealkylation sites (tertiary alicyclic amines) is 1. The molecule has 2 aromatic heterocycles. The van der Waals surface area contributed by atoms with Gasteiger partial charge in [0.2, 0.25) is 11.8 Å². The fourth-order valence-electron chi connectivity index (χ4n) is 4.83. The molecule has 3 heterocycles. The fourth-order valence-corrected chi connectivity index (χ4v) is 4.83. The number of nitrogens with zero attached hydrogens (tertiary/aromatic N) is 3. The number of rotatable bonds is 8. The van der Waals surface area contributed by atoms with Crippen molar-refractivity contribution in [1.82, 2.24) is 25.1 Å². The van der Waals surface area contributed by atoms with E-state index in [1.807, 2.05) is 53.6 Å². The zero-order valence-electron chi connectivity index (χ0n) is 21.2. The summed E-state index contributed by atoms with van der Waals surface area (Å²) in [5, 5.41) is 6.63. The Hall–Kier alpha value is -3.72. The van der Waals surface area contributed by atoms with E-state index >= 15 is 0 Å². The molecule has 0 saturated carbocycles. The maximum absolute atomic E-state index is 13.6. The third-order valence-corrected chi connectivity index (χ3v) is 6.98. The molecule has 0 unspecified atom stereocenters. The van der Waals surface area contributed by atoms with Gasteiger partial charge in [-0.25, -0.2) is 0 Å². The van der Waals surface area contributed by atoms with Crippen LogP contribution in [-0.4, -0.2) is 57.8 Å². The average molecular weight is 491 g/mol. The molecule has 3 aromatic rings. The van der Waals surface area contributed by atoms with Crippen LogP contribution in [0.15, 0.2) is 48.9 Å². The maximum atomic E-state index is 13.6. The Morgan fingerprint density at radius 3 is 2.58 bits per heavy atom. The van der Waals surface area contributed by atoms with Crippen molar-refractivity contribution in [2.45, 2.75) is 51.7 Å². The number of hydrogen-bond donors (Lipinski definition) is 3. The van der Waals surface area contributed by atoms with Crippen LogP contribution in [0.25, 0.3) is 16.6 Å². The molecule has 9 heteroatoms. The molecular formula is C27H34N6O3. The number of carbonyl (C=O) groups excluding carboxylic acids is 3. The minimum absolute atomic E-state index is 0.0605. The summed E-state index contributed by atoms with van der Waals surface area (Å²) in [4.78, 5) is 44.5. The van der Waals surface area contributed by atoms with Gasteiger partial charge in [-0.15, -0.1) is 0 Å². The molecule has 9 nitrogen and oxygen atoms in total. The van der Waals surface area contributed by atoms with E-state index in [-0.39, 0.29) is 23.8 Å². The van der Waals surface area contributed by atoms with Crippen molar-refractivity contribution in [1.29, 1.82) is 0 Å². The van der Waals surface area contributed by atoms with E-state index < -0.39 is 18.0 Å². The van der Waals surface area contributed by atoms with E-state index in [2.05, 4.69) is 15.6 Å². The summed E-state index contributed by atoms with van der Waals surface area (Å²) >= 11 is 0. The van der Waals surface area contributed by atoms with Crippen molar-refractivity contribution in [2.75, 3.05) is 13.6 Å². The van der Waals surface area contributed by atoms with Gasteiger partial charge in [0.05, 0.1) is 35.0 Å². The molecule has 4 N–H and O–H groups in total. The standard InChI is InChI=1S/C27H34N6O3/c1-16(2)24(31-26(35)17(3)29-4)27(36)32-11-7-10-22(32)18-12-19(14-30-13-18)33-15-21(25(28)34)20-8-5-6-9-23(20)33/h5-6,8-9,12-17,22,24,29H,7,10-11H2,1-4H3,(H2,28,34)(H,31,35)/t17-,22-,24-/m0/s1. The van der Waals surface area contributed by atoms with Gasteiger partial charge in [0.1, 0.15) is 6.04 Å². The van der Waals surface area contributed by atoms with Crippen LogP contribution in [0.3, 0.4) is 0 Å². The number of para-hydroxylation sites is 1. The molecule has 1 aliphatic heterocycles. The molecule has 1 aromatic carbocycles. The quantitative estimate of drug-likeness (QED) is 0.448. The molecule has 190 valence electrons. The molecule has 0 bridgehead atoms. The van der Waals surface area contributed by atoms with Crippen molar-refractivity contribution in [3.63, 3.8) is 0 Å². The number of aromatic nitrogens is 2. The van der Waals surface area contributed by atoms with E-state index in [0.29, 0.717) is 12.1 Å². The van der Waals surface area contributed by atoms with Crippen LogP contribution in [0.4, 0.5) is 0 Å². The molecule has 3 atom stereocenters. The Bertz CT molecular complexity index is 1280. The summed E-state index contributed by atoms with van der Waals surface area (Å²) in [6.45, 7) is 6.26. The zero-order chi connectivity index (χ0) is 26.0. The molecule has 1 saturated heterocycles. The monoisotopic (exact) mass is 490 g/mol. The topological polar surface area (TPSA) is 122 Å². The van der Waals surface area contributed by atoms with Gasteiger partial charge < -0.3 is 25.8 Å². The largest absolute Gasteiger partial charge is 0.366 e. The van der Waals surface area contributed by atoms with E-state index in [1.165, 1.54) is 0 Å². The fraction of sp³-hybridized carbons (Fsp3) is 0.407. The summed E-state index contributed by atoms with van der Waals surface area (Å²) in [7, 11) is 1.72. The second-order valence-electron chi connectivity index (χ2n) is 9.70. The smallest absolute Gasteiger partial charge is 0.250 e. The first kappa shape index (κ1) is 25.4. The van der Waals surface area contributed by atoms with Crippen molar-refractivity contribution in [2.24, 2.45) is 11.7 Å². The van der Waals surface area contributed by atoms with Crippen LogP contribution in [0.5, 0.6) is 0 Å². The predicted molar refractivity (Wildman–Crippen MR) is 139 cm³/mol. The molecule has 3 amide bonds. The third-order valence-electron chi connectivity index (χ3n) is 6.98. The molecular weight excluding hydrogens is 456 g/mol. The van der Waals surface area contributed by atoms with Crippen LogP contribution < -0.4 is 16.4 Å². The lowest BCUT2D eigenvalue weighted by atomic mass is 10.00. The highest BCUT2D eigenvalue weighted by Gasteiger charge is 2.36. The van der Waals surface area contributed by atoms with Crippen molar-refractivity contribution < 1.29 is 14.4 Å². The van der Waals surface area contributed by atoms with Crippen LogP contribution in [0.2, 0.25) is 0 Å². The first-order valence-corrected chi connectivity index (χ1v) is 12.4. The Balaban J connectivity index is 1.65. The van der Waals surface area contributed by atoms with Crippen LogP contribution in [-0.2, 0) is 9.59 Å². The Morgan fingerprint density at radius 2 is 1.89 bits per heavy atom. The van der Waals surface area contributed by atoms with Crippen LogP contribution in [0.1, 0.15) is 55.6 Å². The van der Waals surface area contributed by atoms with Gasteiger partial charge in [-0.3, -0.25) is 19.4 Å². The number of nitrogens with two attached hydrogens (primary N) is 1. The van der Waals surface area contributed by atoms with E-state index in [9.17, 15) is 14.4 Å². The number of pyridine rings is 1. The predicted octanol–water partition coefficient (Wildman–Crippen LogP) is 2.54. The summed E-state index contributed by atoms with van der Waals surface area (Å²) in [5.41, 5.74) is 8.61. The molecule has 36 heavy (non-hydrogen) atoms. The first-order chi connectivity index (χ1) is 17.2. The Kier molecular flexibility index (Phi) is 7.40. The van der Waals surface area contributed by atoms with E-state index in [4.69, 9.17) is 5.73 Å². The molecule has 0 aliphatic carbocycles. The Morgan fingerprint density at radius 1 is 1.14 bits per heavy atom. The zero-order valence-corrected chi connectivity index (χ0v) is 21.2. The first-order valence-electron chi connectivity index (χ1n) is 12.4. The highest BCUT2D eigenvalue weighted by Crippen LogP contribution is 2.34. The van der Waals surface area contributed by atoms with Gasteiger partial charge in [-0.2, -0.15) is 0 Å². The number of likely N-dealkylation sites (N-methyl/N-ethyl adjacent to an activating group) is 1. The second kappa shape index (κ2) is 10.5. The SMILES string of the molecule is CN[C@@H](C)C(=O)N[C@H](C(=O)N1CCC[C@H]1c1cncc(-n2cc(C(N)=O)c3ccccc32)c1)C(C)C. The maximum Gasteiger partial charge on any atom is 0.250 e. The highest BCUT2D eigenvalue weighted by atomic mass is 16.2. The molecule has 0 spiro atoms. The number of fused-ring (bicyclic) bond motifs is 1. The van der Waals surface area contributed by atoms with Gasteiger partial charge >= 0.3 is 0 Å². The highest BCUT2D eigenvalue weighted by molar-refractivity contribution is 6.06. The Labute approximate surface area is 211 Å². The van der Waals surface area contributed by atoms with E-state index in [0.717, 1.165) is 35.0 Å². The number of hydrogen-bond acceptors (Lipinski definition) is 5. The number of carbonyl (C=O) groups is 3. The normalized spacial score (nSPS) is 17.4. The third kappa shape index (κ3) is 4.83. The lowest BCUT2D eigenvalue weighted by Crippen LogP contribution is -2.54. The average Bonchev–Trinajstić information content (AvgIpc) is 3.51. The van der Waals surface area contributed by atoms with E-state index in [1.54, 1.807) is 32.6 Å². The van der Waals surface area contributed by atoms with Crippen molar-refractivity contribution in [3.05, 3.63) is 60.0 Å². The number of nitrogens with one attached hydrogen (secondary N) is 2. The lowest BCUT2D eigenvalue weighted by Gasteiger charge is -2.32. The van der Waals surface area contributed by atoms with Crippen molar-refractivity contribution in [3.8, 4) is 5.69 Å². The minimum Gasteiger partial charge on any atom is -0.366 e. The summed E-state index contributed by atoms with van der Waals surface area (Å²) in [6, 6.07) is 8.43. The van der Waals surface area contributed by atoms with Crippen LogP contribution >= 0.6 is 0 Å². The van der Waals surface area contributed by atoms with Gasteiger partial charge in [-0.05, 0) is 50.4 Å². The summed E-state index contributed by atoms with van der Waals surface area (Å²) in [6.07, 6.45) is 6.93. The van der Waals surface area contributed by atoms with Crippen LogP contribution in [0, 0.1) is 5.92 Å². The lowest BCUT2D eigenvalue weighted by molar-refractivity contribution is -0.138.